The number of methoxy groups -OCH3 is 2. The number of amides is 1. The van der Waals surface area contributed by atoms with Crippen molar-refractivity contribution < 1.29 is 37.3 Å². The largest absolute Gasteiger partial charge is 0.493 e. The number of aromatic nitrogens is 1. The zero-order chi connectivity index (χ0) is 47.8. The molecule has 1 amide bonds. The van der Waals surface area contributed by atoms with Crippen molar-refractivity contribution in [2.45, 2.75) is 114 Å². The van der Waals surface area contributed by atoms with Gasteiger partial charge in [0.15, 0.2) is 11.5 Å². The molecule has 0 unspecified atom stereocenters. The number of aliphatic hydroxyl groups excluding tert-OH is 1. The van der Waals surface area contributed by atoms with Gasteiger partial charge in [-0.15, -0.1) is 0 Å². The number of ether oxygens (including phenoxy) is 3. The Morgan fingerprint density at radius 3 is 1.92 bits per heavy atom. The van der Waals surface area contributed by atoms with Gasteiger partial charge in [0.1, 0.15) is 5.56 Å². The summed E-state index contributed by atoms with van der Waals surface area (Å²) in [5.74, 6) is 2.92. The number of benzene rings is 3. The fraction of sp³-hybridized carbons (Fsp3) is 0.510. The van der Waals surface area contributed by atoms with Crippen LogP contribution in [0.15, 0.2) is 90.1 Å². The van der Waals surface area contributed by atoms with E-state index in [0.29, 0.717) is 40.8 Å². The number of pyridine rings is 1. The Balaban J connectivity index is 0.000000473. The maximum atomic E-state index is 12.7. The summed E-state index contributed by atoms with van der Waals surface area (Å²) < 4.78 is 54.0. The van der Waals surface area contributed by atoms with Gasteiger partial charge in [0, 0.05) is 23.9 Å². The standard InChI is InChI=1S/C23H29NO3.C13H18F3NO.C10H12Cl2.C5H12O/c1-17(2)20(24-23(25)16-18-9-6-5-7-10-18)12-8-11-19-13-14-21(26-3)22(15-19)27-4;1-9(2)12(3,4)8-18-11-10(13(14,15)16)6-5-7-17-11;1-7(2)5-8-3-4-9(11)10(12)6-8;1-5(2)3-4-6/h5-7,9-10,13-15,17H,8,11-12,16H2,1-4H3;5-7,9H,8H2,1-4H3;3-4,6-7H,5H2,1-2H3;5-6H,3-4H2,1-2H3. The summed E-state index contributed by atoms with van der Waals surface area (Å²) in [4.78, 5) is 20.4. The lowest BCUT2D eigenvalue weighted by atomic mass is 9.82. The molecule has 0 aliphatic rings. The van der Waals surface area contributed by atoms with Crippen molar-refractivity contribution in [3.05, 3.63) is 117 Å². The Labute approximate surface area is 385 Å². The molecule has 0 atom stereocenters. The Hall–Kier alpha value is -4.12. The van der Waals surface area contributed by atoms with Crippen molar-refractivity contribution >= 4 is 34.8 Å². The van der Waals surface area contributed by atoms with Gasteiger partial charge in [-0.1, -0.05) is 135 Å². The summed E-state index contributed by atoms with van der Waals surface area (Å²) in [6.45, 7) is 21.2. The molecule has 0 spiro atoms. The van der Waals surface area contributed by atoms with Gasteiger partial charge in [-0.2, -0.15) is 13.2 Å². The number of nitrogens with zero attached hydrogens (tertiary/aromatic N) is 2. The highest BCUT2D eigenvalue weighted by Crippen LogP contribution is 2.36. The fourth-order valence-electron chi connectivity index (χ4n) is 5.49. The number of aliphatic imine (C=N–C) groups is 1. The van der Waals surface area contributed by atoms with Crippen LogP contribution in [0.5, 0.6) is 17.4 Å². The SMILES string of the molecule is CC(C)C(C)(C)COc1ncccc1C(F)(F)F.CC(C)CCO.CC(C)Cc1ccc(Cl)c(Cl)c1.COc1ccc(CCCC(=NC(=O)Cc2ccccc2)C(C)C)cc1OC. The van der Waals surface area contributed by atoms with E-state index in [1.165, 1.54) is 23.4 Å². The van der Waals surface area contributed by atoms with Crippen LogP contribution in [0.25, 0.3) is 0 Å². The average molecular weight is 920 g/mol. The molecule has 4 aromatic rings. The van der Waals surface area contributed by atoms with Gasteiger partial charge in [-0.3, -0.25) is 4.79 Å². The van der Waals surface area contributed by atoms with Gasteiger partial charge in [0.2, 0.25) is 11.8 Å². The van der Waals surface area contributed by atoms with E-state index in [4.69, 9.17) is 42.5 Å². The lowest BCUT2D eigenvalue weighted by Crippen LogP contribution is -2.28. The van der Waals surface area contributed by atoms with Crippen molar-refractivity contribution in [3.8, 4) is 17.4 Å². The zero-order valence-corrected chi connectivity index (χ0v) is 40.9. The number of halogens is 5. The van der Waals surface area contributed by atoms with E-state index in [-0.39, 0.29) is 29.7 Å². The molecule has 0 aliphatic carbocycles. The smallest absolute Gasteiger partial charge is 0.421 e. The van der Waals surface area contributed by atoms with E-state index >= 15 is 0 Å². The van der Waals surface area contributed by atoms with Gasteiger partial charge < -0.3 is 19.3 Å². The highest BCUT2D eigenvalue weighted by molar-refractivity contribution is 6.42. The van der Waals surface area contributed by atoms with Gasteiger partial charge >= 0.3 is 6.18 Å². The first kappa shape index (κ1) is 56.9. The van der Waals surface area contributed by atoms with E-state index < -0.39 is 11.7 Å². The topological polar surface area (TPSA) is 90.2 Å². The summed E-state index contributed by atoms with van der Waals surface area (Å²) in [7, 11) is 3.28. The van der Waals surface area contributed by atoms with Crippen LogP contribution in [0.4, 0.5) is 13.2 Å². The van der Waals surface area contributed by atoms with Crippen LogP contribution in [-0.4, -0.2) is 49.1 Å². The molecule has 0 fully saturated rings. The van der Waals surface area contributed by atoms with Crippen LogP contribution in [0, 0.1) is 29.1 Å². The number of aryl methyl sites for hydroxylation is 1. The predicted octanol–water partition coefficient (Wildman–Crippen LogP) is 14.3. The second kappa shape index (κ2) is 29.3. The molecular formula is C51H71Cl2F3N2O5. The lowest BCUT2D eigenvalue weighted by Gasteiger charge is -2.29. The van der Waals surface area contributed by atoms with E-state index in [1.807, 2.05) is 94.4 Å². The molecule has 0 saturated carbocycles. The van der Waals surface area contributed by atoms with Crippen LogP contribution in [-0.2, 0) is 30.2 Å². The number of alkyl halides is 3. The van der Waals surface area contributed by atoms with Gasteiger partial charge in [-0.05, 0) is 109 Å². The van der Waals surface area contributed by atoms with Crippen molar-refractivity contribution in [2.75, 3.05) is 27.4 Å². The third-order valence-electron chi connectivity index (χ3n) is 10.0. The van der Waals surface area contributed by atoms with Crippen LogP contribution in [0.1, 0.15) is 111 Å². The number of aliphatic hydroxyl groups is 1. The summed E-state index contributed by atoms with van der Waals surface area (Å²) in [5, 5.41) is 9.51. The van der Waals surface area contributed by atoms with Crippen LogP contribution in [0.3, 0.4) is 0 Å². The highest BCUT2D eigenvalue weighted by atomic mass is 35.5. The molecule has 0 radical (unpaired) electrons. The van der Waals surface area contributed by atoms with E-state index in [2.05, 4.69) is 51.5 Å². The summed E-state index contributed by atoms with van der Waals surface area (Å²) in [6.07, 6.45) is 1.85. The molecule has 1 aromatic heterocycles. The number of hydrogen-bond acceptors (Lipinski definition) is 6. The second-order valence-corrected chi connectivity index (χ2v) is 18.2. The minimum atomic E-state index is -4.44. The Kier molecular flexibility index (Phi) is 26.5. The van der Waals surface area contributed by atoms with Crippen LogP contribution < -0.4 is 14.2 Å². The molecule has 1 heterocycles. The number of hydrogen-bond donors (Lipinski definition) is 1. The fourth-order valence-corrected chi connectivity index (χ4v) is 5.81. The summed E-state index contributed by atoms with van der Waals surface area (Å²) in [5.41, 5.74) is 3.37. The average Bonchev–Trinajstić information content (AvgIpc) is 3.21. The minimum Gasteiger partial charge on any atom is -0.493 e. The number of carbonyl (C=O) groups excluding carboxylic acids is 1. The maximum absolute atomic E-state index is 12.7. The van der Waals surface area contributed by atoms with Crippen molar-refractivity contribution in [2.24, 2.45) is 34.1 Å². The van der Waals surface area contributed by atoms with Gasteiger partial charge in [0.25, 0.3) is 0 Å². The summed E-state index contributed by atoms with van der Waals surface area (Å²) >= 11 is 11.7. The van der Waals surface area contributed by atoms with E-state index in [9.17, 15) is 18.0 Å². The van der Waals surface area contributed by atoms with Crippen molar-refractivity contribution in [1.29, 1.82) is 0 Å². The first-order valence-corrected chi connectivity index (χ1v) is 22.3. The molecule has 12 heteroatoms. The predicted molar refractivity (Wildman–Crippen MR) is 255 cm³/mol. The van der Waals surface area contributed by atoms with E-state index in [0.717, 1.165) is 60.9 Å². The molecule has 0 aliphatic heterocycles. The molecular weight excluding hydrogens is 848 g/mol. The first-order chi connectivity index (χ1) is 29.5. The number of rotatable bonds is 17. The second-order valence-electron chi connectivity index (χ2n) is 17.4. The molecule has 0 bridgehead atoms. The van der Waals surface area contributed by atoms with Crippen LogP contribution in [0.2, 0.25) is 10.0 Å². The van der Waals surface area contributed by atoms with Gasteiger partial charge in [-0.25, -0.2) is 9.98 Å². The first-order valence-electron chi connectivity index (χ1n) is 21.6. The summed E-state index contributed by atoms with van der Waals surface area (Å²) in [6, 6.07) is 23.8. The molecule has 4 rings (SSSR count). The number of carbonyl (C=O) groups is 1. The lowest BCUT2D eigenvalue weighted by molar-refractivity contribution is -0.139. The quantitative estimate of drug-likeness (QED) is 0.106. The minimum absolute atomic E-state index is 0.0731. The van der Waals surface area contributed by atoms with Crippen LogP contribution >= 0.6 is 23.2 Å². The van der Waals surface area contributed by atoms with Crippen molar-refractivity contribution in [1.82, 2.24) is 4.98 Å². The Morgan fingerprint density at radius 1 is 0.778 bits per heavy atom. The third-order valence-corrected chi connectivity index (χ3v) is 10.8. The third kappa shape index (κ3) is 23.4. The zero-order valence-electron chi connectivity index (χ0n) is 39.4. The molecule has 350 valence electrons. The Bertz CT molecular complexity index is 1930. The monoisotopic (exact) mass is 918 g/mol. The molecule has 0 saturated heterocycles. The van der Waals surface area contributed by atoms with Crippen molar-refractivity contribution in [3.63, 3.8) is 0 Å². The van der Waals surface area contributed by atoms with Gasteiger partial charge in [0.05, 0.1) is 37.3 Å². The highest BCUT2D eigenvalue weighted by Gasteiger charge is 2.35. The molecule has 3 aromatic carbocycles. The normalized spacial score (nSPS) is 11.6. The molecule has 1 N–H and O–H groups in total. The molecule has 63 heavy (non-hydrogen) atoms. The van der Waals surface area contributed by atoms with E-state index in [1.54, 1.807) is 14.2 Å². The maximum Gasteiger partial charge on any atom is 0.421 e. The Morgan fingerprint density at radius 2 is 1.41 bits per heavy atom. The molecule has 7 nitrogen and oxygen atoms in total.